The minimum atomic E-state index is -1.07. The van der Waals surface area contributed by atoms with Gasteiger partial charge in [0.05, 0.1) is 0 Å². The molecule has 98 valence electrons. The van der Waals surface area contributed by atoms with E-state index in [4.69, 9.17) is 9.84 Å². The van der Waals surface area contributed by atoms with Gasteiger partial charge in [0, 0.05) is 0 Å². The van der Waals surface area contributed by atoms with Crippen LogP contribution in [-0.2, 0) is 9.59 Å². The van der Waals surface area contributed by atoms with Crippen molar-refractivity contribution in [1.29, 1.82) is 0 Å². The van der Waals surface area contributed by atoms with Crippen LogP contribution in [0.25, 0.3) is 0 Å². The molecule has 0 aliphatic heterocycles. The number of nitrogens with one attached hydrogen (secondary N) is 1. The number of aryl methyl sites for hydroxylation is 2. The lowest BCUT2D eigenvalue weighted by Crippen LogP contribution is -2.40. The van der Waals surface area contributed by atoms with Crippen LogP contribution in [0, 0.1) is 13.8 Å². The number of benzene rings is 1. The number of hydrogen-bond donors (Lipinski definition) is 2. The van der Waals surface area contributed by atoms with Crippen molar-refractivity contribution >= 4 is 11.9 Å². The average molecular weight is 251 g/mol. The van der Waals surface area contributed by atoms with Gasteiger partial charge in [0.1, 0.15) is 11.8 Å². The number of ether oxygens (including phenoxy) is 1. The molecule has 0 aromatic heterocycles. The molecule has 0 aliphatic carbocycles. The van der Waals surface area contributed by atoms with Crippen molar-refractivity contribution in [1.82, 2.24) is 5.32 Å². The van der Waals surface area contributed by atoms with Crippen LogP contribution in [0.2, 0.25) is 0 Å². The predicted molar refractivity (Wildman–Crippen MR) is 66.7 cm³/mol. The first-order valence-corrected chi connectivity index (χ1v) is 5.63. The molecule has 1 amide bonds. The molecule has 1 aromatic rings. The maximum Gasteiger partial charge on any atom is 0.325 e. The van der Waals surface area contributed by atoms with Gasteiger partial charge in [-0.1, -0.05) is 18.2 Å². The van der Waals surface area contributed by atoms with Gasteiger partial charge >= 0.3 is 5.97 Å². The zero-order valence-corrected chi connectivity index (χ0v) is 10.7. The molecule has 5 nitrogen and oxygen atoms in total. The van der Waals surface area contributed by atoms with E-state index in [1.165, 1.54) is 6.92 Å². The quantitative estimate of drug-likeness (QED) is 0.826. The Balaban J connectivity index is 2.55. The number of carboxylic acids is 1. The number of aliphatic carboxylic acids is 1. The van der Waals surface area contributed by atoms with Crippen molar-refractivity contribution in [2.24, 2.45) is 0 Å². The summed E-state index contributed by atoms with van der Waals surface area (Å²) < 4.78 is 5.41. The Morgan fingerprint density at radius 1 is 1.33 bits per heavy atom. The molecule has 1 atom stereocenters. The lowest BCUT2D eigenvalue weighted by Gasteiger charge is -2.13. The number of para-hydroxylation sites is 1. The lowest BCUT2D eigenvalue weighted by molar-refractivity contribution is -0.141. The largest absolute Gasteiger partial charge is 0.483 e. The number of carbonyl (C=O) groups is 2. The minimum Gasteiger partial charge on any atom is -0.483 e. The standard InChI is InChI=1S/C13H17NO4/c1-8-5-4-6-9(2)12(8)18-7-11(15)14-10(3)13(16)17/h4-6,10H,7H2,1-3H3,(H,14,15)(H,16,17). The second-order valence-electron chi connectivity index (χ2n) is 4.14. The maximum absolute atomic E-state index is 11.5. The van der Waals surface area contributed by atoms with E-state index < -0.39 is 17.9 Å². The summed E-state index contributed by atoms with van der Waals surface area (Å²) in [5, 5.41) is 11.0. The summed E-state index contributed by atoms with van der Waals surface area (Å²) >= 11 is 0. The SMILES string of the molecule is Cc1cccc(C)c1OCC(=O)NC(C)C(=O)O. The third-order valence-electron chi connectivity index (χ3n) is 2.50. The monoisotopic (exact) mass is 251 g/mol. The normalized spacial score (nSPS) is 11.7. The van der Waals surface area contributed by atoms with Crippen LogP contribution in [-0.4, -0.2) is 29.6 Å². The highest BCUT2D eigenvalue weighted by molar-refractivity contribution is 5.84. The number of carbonyl (C=O) groups excluding carboxylic acids is 1. The van der Waals surface area contributed by atoms with E-state index >= 15 is 0 Å². The Kier molecular flexibility index (Phi) is 4.71. The molecule has 0 fully saturated rings. The lowest BCUT2D eigenvalue weighted by atomic mass is 10.1. The Hall–Kier alpha value is -2.04. The first-order chi connectivity index (χ1) is 8.41. The molecule has 1 aromatic carbocycles. The summed E-state index contributed by atoms with van der Waals surface area (Å²) in [6, 6.07) is 4.77. The molecule has 0 aliphatic rings. The minimum absolute atomic E-state index is 0.191. The zero-order chi connectivity index (χ0) is 13.7. The second kappa shape index (κ2) is 6.05. The van der Waals surface area contributed by atoms with Crippen LogP contribution in [0.1, 0.15) is 18.1 Å². The van der Waals surface area contributed by atoms with Crippen molar-refractivity contribution < 1.29 is 19.4 Å². The molecular formula is C13H17NO4. The number of hydrogen-bond acceptors (Lipinski definition) is 3. The van der Waals surface area contributed by atoms with Crippen LogP contribution in [0.3, 0.4) is 0 Å². The number of carboxylic acid groups (broad SMARTS) is 1. The summed E-state index contributed by atoms with van der Waals surface area (Å²) in [5.41, 5.74) is 1.88. The van der Waals surface area contributed by atoms with E-state index in [0.29, 0.717) is 5.75 Å². The summed E-state index contributed by atoms with van der Waals surface area (Å²) in [6.07, 6.45) is 0. The highest BCUT2D eigenvalue weighted by Crippen LogP contribution is 2.21. The topological polar surface area (TPSA) is 75.6 Å². The zero-order valence-electron chi connectivity index (χ0n) is 10.7. The summed E-state index contributed by atoms with van der Waals surface area (Å²) in [4.78, 5) is 22.0. The highest BCUT2D eigenvalue weighted by atomic mass is 16.5. The summed E-state index contributed by atoms with van der Waals surface area (Å²) in [5.74, 6) is -0.862. The third kappa shape index (κ3) is 3.76. The number of amides is 1. The van der Waals surface area contributed by atoms with Gasteiger partial charge in [-0.3, -0.25) is 9.59 Å². The van der Waals surface area contributed by atoms with E-state index in [0.717, 1.165) is 11.1 Å². The fraction of sp³-hybridized carbons (Fsp3) is 0.385. The van der Waals surface area contributed by atoms with Crippen molar-refractivity contribution in [3.8, 4) is 5.75 Å². The maximum atomic E-state index is 11.5. The van der Waals surface area contributed by atoms with Crippen molar-refractivity contribution in [3.63, 3.8) is 0 Å². The van der Waals surface area contributed by atoms with Gasteiger partial charge in [0.2, 0.25) is 0 Å². The molecule has 2 N–H and O–H groups in total. The van der Waals surface area contributed by atoms with Gasteiger partial charge in [0.15, 0.2) is 6.61 Å². The fourth-order valence-electron chi connectivity index (χ4n) is 1.51. The Morgan fingerprint density at radius 2 is 1.89 bits per heavy atom. The molecule has 0 heterocycles. The molecule has 5 heteroatoms. The first-order valence-electron chi connectivity index (χ1n) is 5.63. The smallest absolute Gasteiger partial charge is 0.325 e. The van der Waals surface area contributed by atoms with Crippen molar-refractivity contribution in [2.45, 2.75) is 26.8 Å². The van der Waals surface area contributed by atoms with Crippen LogP contribution < -0.4 is 10.1 Å². The summed E-state index contributed by atoms with van der Waals surface area (Å²) in [7, 11) is 0. The van der Waals surface area contributed by atoms with Crippen LogP contribution in [0.5, 0.6) is 5.75 Å². The molecule has 0 saturated heterocycles. The van der Waals surface area contributed by atoms with Crippen LogP contribution in [0.4, 0.5) is 0 Å². The average Bonchev–Trinajstić information content (AvgIpc) is 2.28. The molecule has 0 bridgehead atoms. The molecule has 1 rings (SSSR count). The molecule has 18 heavy (non-hydrogen) atoms. The summed E-state index contributed by atoms with van der Waals surface area (Å²) in [6.45, 7) is 4.99. The van der Waals surface area contributed by atoms with Gasteiger partial charge < -0.3 is 15.2 Å². The molecule has 0 radical (unpaired) electrons. The number of rotatable bonds is 5. The molecule has 0 spiro atoms. The van der Waals surface area contributed by atoms with Gasteiger partial charge in [-0.05, 0) is 31.9 Å². The predicted octanol–water partition coefficient (Wildman–Crippen LogP) is 1.27. The third-order valence-corrected chi connectivity index (χ3v) is 2.50. The van der Waals surface area contributed by atoms with Gasteiger partial charge in [-0.2, -0.15) is 0 Å². The molecule has 0 saturated carbocycles. The van der Waals surface area contributed by atoms with Gasteiger partial charge in [0.25, 0.3) is 5.91 Å². The second-order valence-corrected chi connectivity index (χ2v) is 4.14. The molecule has 1 unspecified atom stereocenters. The van der Waals surface area contributed by atoms with E-state index in [2.05, 4.69) is 5.32 Å². The van der Waals surface area contributed by atoms with E-state index in [1.807, 2.05) is 32.0 Å². The Morgan fingerprint density at radius 3 is 2.39 bits per heavy atom. The Bertz CT molecular complexity index is 436. The van der Waals surface area contributed by atoms with E-state index in [9.17, 15) is 9.59 Å². The highest BCUT2D eigenvalue weighted by Gasteiger charge is 2.14. The Labute approximate surface area is 106 Å². The van der Waals surface area contributed by atoms with E-state index in [1.54, 1.807) is 0 Å². The van der Waals surface area contributed by atoms with Crippen molar-refractivity contribution in [2.75, 3.05) is 6.61 Å². The van der Waals surface area contributed by atoms with Crippen LogP contribution >= 0.6 is 0 Å². The van der Waals surface area contributed by atoms with Gasteiger partial charge in [-0.25, -0.2) is 0 Å². The fourth-order valence-corrected chi connectivity index (χ4v) is 1.51. The van der Waals surface area contributed by atoms with Crippen molar-refractivity contribution in [3.05, 3.63) is 29.3 Å². The van der Waals surface area contributed by atoms with E-state index in [-0.39, 0.29) is 6.61 Å². The first kappa shape index (κ1) is 14.0. The van der Waals surface area contributed by atoms with Gasteiger partial charge in [-0.15, -0.1) is 0 Å². The molecular weight excluding hydrogens is 234 g/mol. The van der Waals surface area contributed by atoms with Crippen LogP contribution in [0.15, 0.2) is 18.2 Å².